The van der Waals surface area contributed by atoms with Crippen molar-refractivity contribution >= 4 is 11.8 Å². The second-order valence-corrected chi connectivity index (χ2v) is 6.67. The Kier molecular flexibility index (Phi) is 5.58. The molecular weight excluding hydrogens is 238 g/mol. The molecule has 1 nitrogen and oxygen atoms in total. The zero-order chi connectivity index (χ0) is 12.8. The summed E-state index contributed by atoms with van der Waals surface area (Å²) in [4.78, 5) is 1.43. The number of thioether (sulfide) groups is 1. The van der Waals surface area contributed by atoms with Crippen LogP contribution in [-0.2, 0) is 0 Å². The van der Waals surface area contributed by atoms with Crippen molar-refractivity contribution in [2.75, 3.05) is 12.3 Å². The molecule has 1 aliphatic rings. The van der Waals surface area contributed by atoms with Crippen LogP contribution in [0, 0.1) is 12.8 Å². The molecule has 0 bridgehead atoms. The van der Waals surface area contributed by atoms with Gasteiger partial charge in [-0.2, -0.15) is 0 Å². The number of aryl methyl sites for hydroxylation is 1. The van der Waals surface area contributed by atoms with E-state index < -0.39 is 0 Å². The minimum atomic E-state index is 0.770. The van der Waals surface area contributed by atoms with E-state index in [1.54, 1.807) is 0 Å². The Labute approximate surface area is 116 Å². The van der Waals surface area contributed by atoms with E-state index in [1.165, 1.54) is 41.9 Å². The summed E-state index contributed by atoms with van der Waals surface area (Å²) in [5.74, 6) is 2.09. The zero-order valence-electron chi connectivity index (χ0n) is 11.6. The summed E-state index contributed by atoms with van der Waals surface area (Å²) in [6.45, 7) is 5.71. The SMILES string of the molecule is Cc1ccccc1SCCNC1CCCC(C)C1. The lowest BCUT2D eigenvalue weighted by Gasteiger charge is -2.27. The summed E-state index contributed by atoms with van der Waals surface area (Å²) >= 11 is 1.97. The van der Waals surface area contributed by atoms with Gasteiger partial charge in [-0.25, -0.2) is 0 Å². The minimum absolute atomic E-state index is 0.770. The molecule has 0 heterocycles. The van der Waals surface area contributed by atoms with Crippen LogP contribution in [0.1, 0.15) is 38.2 Å². The number of hydrogen-bond donors (Lipinski definition) is 1. The van der Waals surface area contributed by atoms with Crippen molar-refractivity contribution in [1.82, 2.24) is 5.32 Å². The highest BCUT2D eigenvalue weighted by Crippen LogP contribution is 2.24. The molecule has 2 atom stereocenters. The maximum absolute atomic E-state index is 3.72. The Bertz CT molecular complexity index is 364. The molecule has 1 N–H and O–H groups in total. The summed E-state index contributed by atoms with van der Waals surface area (Å²) in [5.41, 5.74) is 1.40. The Balaban J connectivity index is 1.65. The summed E-state index contributed by atoms with van der Waals surface area (Å²) in [6.07, 6.45) is 5.58. The largest absolute Gasteiger partial charge is 0.313 e. The Morgan fingerprint density at radius 2 is 2.11 bits per heavy atom. The van der Waals surface area contributed by atoms with Crippen molar-refractivity contribution in [3.63, 3.8) is 0 Å². The molecule has 2 unspecified atom stereocenters. The van der Waals surface area contributed by atoms with Crippen molar-refractivity contribution < 1.29 is 0 Å². The van der Waals surface area contributed by atoms with Gasteiger partial charge in [-0.15, -0.1) is 11.8 Å². The van der Waals surface area contributed by atoms with Crippen LogP contribution in [0.3, 0.4) is 0 Å². The fourth-order valence-corrected chi connectivity index (χ4v) is 3.67. The smallest absolute Gasteiger partial charge is 0.0106 e. The highest BCUT2D eigenvalue weighted by molar-refractivity contribution is 7.99. The van der Waals surface area contributed by atoms with Gasteiger partial charge in [-0.3, -0.25) is 0 Å². The maximum atomic E-state index is 3.72. The molecule has 2 heteroatoms. The van der Waals surface area contributed by atoms with Crippen LogP contribution in [-0.4, -0.2) is 18.3 Å². The monoisotopic (exact) mass is 263 g/mol. The molecule has 0 aromatic heterocycles. The van der Waals surface area contributed by atoms with Crippen molar-refractivity contribution in [1.29, 1.82) is 0 Å². The standard InChI is InChI=1S/C16H25NS/c1-13-6-5-8-15(12-13)17-10-11-18-16-9-4-3-7-14(16)2/h3-4,7,9,13,15,17H,5-6,8,10-12H2,1-2H3. The van der Waals surface area contributed by atoms with E-state index in [2.05, 4.69) is 43.4 Å². The van der Waals surface area contributed by atoms with Gasteiger partial charge in [-0.05, 0) is 37.3 Å². The highest BCUT2D eigenvalue weighted by atomic mass is 32.2. The Morgan fingerprint density at radius 3 is 2.89 bits per heavy atom. The van der Waals surface area contributed by atoms with E-state index in [-0.39, 0.29) is 0 Å². The molecule has 100 valence electrons. The third-order valence-electron chi connectivity index (χ3n) is 3.82. The second kappa shape index (κ2) is 7.20. The predicted octanol–water partition coefficient (Wildman–Crippen LogP) is 4.26. The molecule has 1 aromatic carbocycles. The normalized spacial score (nSPS) is 24.1. The van der Waals surface area contributed by atoms with Gasteiger partial charge in [0.25, 0.3) is 0 Å². The molecule has 1 aromatic rings. The topological polar surface area (TPSA) is 12.0 Å². The fraction of sp³-hybridized carbons (Fsp3) is 0.625. The van der Waals surface area contributed by atoms with E-state index in [0.717, 1.165) is 18.5 Å². The average Bonchev–Trinajstić information content (AvgIpc) is 2.37. The lowest BCUT2D eigenvalue weighted by molar-refractivity contribution is 0.306. The Morgan fingerprint density at radius 1 is 1.28 bits per heavy atom. The van der Waals surface area contributed by atoms with Crippen molar-refractivity contribution in [3.8, 4) is 0 Å². The number of benzene rings is 1. The number of rotatable bonds is 5. The van der Waals surface area contributed by atoms with Crippen molar-refractivity contribution in [3.05, 3.63) is 29.8 Å². The molecule has 1 aliphatic carbocycles. The van der Waals surface area contributed by atoms with Gasteiger partial charge < -0.3 is 5.32 Å². The number of hydrogen-bond acceptors (Lipinski definition) is 2. The molecule has 0 radical (unpaired) electrons. The molecule has 0 saturated heterocycles. The van der Waals surface area contributed by atoms with Crippen LogP contribution in [0.25, 0.3) is 0 Å². The van der Waals surface area contributed by atoms with Crippen molar-refractivity contribution in [2.45, 2.75) is 50.5 Å². The first-order valence-electron chi connectivity index (χ1n) is 7.17. The summed E-state index contributed by atoms with van der Waals surface area (Å²) in [5, 5.41) is 3.72. The average molecular weight is 263 g/mol. The first kappa shape index (κ1) is 14.0. The van der Waals surface area contributed by atoms with Gasteiger partial charge in [-0.1, -0.05) is 38.0 Å². The Hall–Kier alpha value is -0.470. The van der Waals surface area contributed by atoms with Crippen LogP contribution in [0.5, 0.6) is 0 Å². The molecule has 1 fully saturated rings. The van der Waals surface area contributed by atoms with Crippen LogP contribution in [0.4, 0.5) is 0 Å². The maximum Gasteiger partial charge on any atom is 0.0106 e. The molecule has 0 spiro atoms. The molecular formula is C16H25NS. The third-order valence-corrected chi connectivity index (χ3v) is 5.00. The lowest BCUT2D eigenvalue weighted by atomic mass is 9.87. The summed E-state index contributed by atoms with van der Waals surface area (Å²) in [6, 6.07) is 9.43. The first-order chi connectivity index (χ1) is 8.75. The van der Waals surface area contributed by atoms with Gasteiger partial charge in [0.2, 0.25) is 0 Å². The summed E-state index contributed by atoms with van der Waals surface area (Å²) in [7, 11) is 0. The predicted molar refractivity (Wildman–Crippen MR) is 81.3 cm³/mol. The van der Waals surface area contributed by atoms with Crippen LogP contribution >= 0.6 is 11.8 Å². The van der Waals surface area contributed by atoms with E-state index in [9.17, 15) is 0 Å². The van der Waals surface area contributed by atoms with E-state index >= 15 is 0 Å². The van der Waals surface area contributed by atoms with E-state index in [1.807, 2.05) is 11.8 Å². The van der Waals surface area contributed by atoms with E-state index in [4.69, 9.17) is 0 Å². The van der Waals surface area contributed by atoms with Gasteiger partial charge in [0.05, 0.1) is 0 Å². The molecule has 1 saturated carbocycles. The highest BCUT2D eigenvalue weighted by Gasteiger charge is 2.17. The van der Waals surface area contributed by atoms with Gasteiger partial charge >= 0.3 is 0 Å². The van der Waals surface area contributed by atoms with Crippen LogP contribution in [0.2, 0.25) is 0 Å². The molecule has 0 aliphatic heterocycles. The van der Waals surface area contributed by atoms with E-state index in [0.29, 0.717) is 0 Å². The third kappa shape index (κ3) is 4.33. The van der Waals surface area contributed by atoms with Gasteiger partial charge in [0, 0.05) is 23.2 Å². The lowest BCUT2D eigenvalue weighted by Crippen LogP contribution is -2.34. The molecule has 2 rings (SSSR count). The van der Waals surface area contributed by atoms with Crippen LogP contribution < -0.4 is 5.32 Å². The number of nitrogens with one attached hydrogen (secondary N) is 1. The van der Waals surface area contributed by atoms with Gasteiger partial charge in [0.1, 0.15) is 0 Å². The quantitative estimate of drug-likeness (QED) is 0.629. The molecule has 18 heavy (non-hydrogen) atoms. The molecule has 0 amide bonds. The van der Waals surface area contributed by atoms with Crippen LogP contribution in [0.15, 0.2) is 29.2 Å². The zero-order valence-corrected chi connectivity index (χ0v) is 12.4. The fourth-order valence-electron chi connectivity index (χ4n) is 2.76. The second-order valence-electron chi connectivity index (χ2n) is 5.54. The first-order valence-corrected chi connectivity index (χ1v) is 8.16. The minimum Gasteiger partial charge on any atom is -0.313 e. The van der Waals surface area contributed by atoms with Gasteiger partial charge in [0.15, 0.2) is 0 Å². The van der Waals surface area contributed by atoms with Crippen molar-refractivity contribution in [2.24, 2.45) is 5.92 Å². The summed E-state index contributed by atoms with van der Waals surface area (Å²) < 4.78 is 0.